The van der Waals surface area contributed by atoms with Gasteiger partial charge in [0.15, 0.2) is 11.5 Å². The average molecular weight is 285 g/mol. The van der Waals surface area contributed by atoms with E-state index < -0.39 is 0 Å². The highest BCUT2D eigenvalue weighted by Gasteiger charge is 2.12. The van der Waals surface area contributed by atoms with Gasteiger partial charge in [-0.1, -0.05) is 29.8 Å². The van der Waals surface area contributed by atoms with Crippen LogP contribution in [0.3, 0.4) is 0 Å². The smallest absolute Gasteiger partial charge is 0.162 e. The summed E-state index contributed by atoms with van der Waals surface area (Å²) < 4.78 is 5.45. The molecule has 0 aliphatic heterocycles. The van der Waals surface area contributed by atoms with Crippen molar-refractivity contribution in [3.05, 3.63) is 53.6 Å². The van der Waals surface area contributed by atoms with Crippen molar-refractivity contribution in [2.24, 2.45) is 0 Å². The summed E-state index contributed by atoms with van der Waals surface area (Å²) >= 11 is 0. The normalized spacial score (nSPS) is 10.4. The van der Waals surface area contributed by atoms with Gasteiger partial charge in [-0.3, -0.25) is 0 Å². The lowest BCUT2D eigenvalue weighted by Gasteiger charge is -2.24. The van der Waals surface area contributed by atoms with Crippen molar-refractivity contribution in [2.45, 2.75) is 27.3 Å². The van der Waals surface area contributed by atoms with Crippen molar-refractivity contribution < 1.29 is 9.84 Å². The van der Waals surface area contributed by atoms with Gasteiger partial charge in [0.05, 0.1) is 6.61 Å². The zero-order valence-corrected chi connectivity index (χ0v) is 13.0. The highest BCUT2D eigenvalue weighted by Crippen LogP contribution is 2.31. The van der Waals surface area contributed by atoms with Crippen molar-refractivity contribution in [1.29, 1.82) is 0 Å². The number of nitrogens with zero attached hydrogens (tertiary/aromatic N) is 1. The molecule has 0 atom stereocenters. The van der Waals surface area contributed by atoms with Crippen LogP contribution >= 0.6 is 0 Å². The van der Waals surface area contributed by atoms with E-state index in [1.54, 1.807) is 6.07 Å². The molecular weight excluding hydrogens is 262 g/mol. The molecule has 1 N–H and O–H groups in total. The molecule has 3 heteroatoms. The van der Waals surface area contributed by atoms with Gasteiger partial charge < -0.3 is 14.7 Å². The molecule has 0 spiro atoms. The second kappa shape index (κ2) is 7.02. The summed E-state index contributed by atoms with van der Waals surface area (Å²) in [5, 5.41) is 10.3. The fraction of sp³-hybridized carbons (Fsp3) is 0.333. The van der Waals surface area contributed by atoms with E-state index in [2.05, 4.69) is 43.0 Å². The highest BCUT2D eigenvalue weighted by atomic mass is 16.5. The fourth-order valence-corrected chi connectivity index (χ4v) is 2.31. The third-order valence-electron chi connectivity index (χ3n) is 3.52. The van der Waals surface area contributed by atoms with Crippen LogP contribution in [0.4, 0.5) is 5.69 Å². The highest BCUT2D eigenvalue weighted by molar-refractivity contribution is 5.51. The number of anilines is 1. The number of aromatic hydroxyl groups is 1. The minimum absolute atomic E-state index is 0.241. The van der Waals surface area contributed by atoms with E-state index in [4.69, 9.17) is 4.74 Å². The molecule has 0 aromatic heterocycles. The van der Waals surface area contributed by atoms with Gasteiger partial charge in [-0.25, -0.2) is 0 Å². The number of benzene rings is 2. The molecule has 2 aromatic carbocycles. The Hall–Kier alpha value is -2.16. The molecule has 0 aliphatic rings. The molecule has 0 aliphatic carbocycles. The van der Waals surface area contributed by atoms with Gasteiger partial charge >= 0.3 is 0 Å². The lowest BCUT2D eigenvalue weighted by atomic mass is 10.1. The molecule has 21 heavy (non-hydrogen) atoms. The van der Waals surface area contributed by atoms with E-state index >= 15 is 0 Å². The SMILES string of the molecule is CCOc1cccc(CN(CC)c2ccc(C)cc2)c1O. The maximum Gasteiger partial charge on any atom is 0.162 e. The predicted molar refractivity (Wildman–Crippen MR) is 87.2 cm³/mol. The summed E-state index contributed by atoms with van der Waals surface area (Å²) in [4.78, 5) is 2.23. The molecular formula is C18H23NO2. The molecule has 2 rings (SSSR count). The van der Waals surface area contributed by atoms with Crippen molar-refractivity contribution >= 4 is 5.69 Å². The lowest BCUT2D eigenvalue weighted by Crippen LogP contribution is -2.22. The standard InChI is InChI=1S/C18H23NO2/c1-4-19(16-11-9-14(3)10-12-16)13-15-7-6-8-17(18(15)20)21-5-2/h6-12,20H,4-5,13H2,1-3H3. The van der Waals surface area contributed by atoms with Crippen LogP contribution in [0.5, 0.6) is 11.5 Å². The first-order chi connectivity index (χ1) is 10.2. The predicted octanol–water partition coefficient (Wildman–Crippen LogP) is 4.13. The zero-order valence-electron chi connectivity index (χ0n) is 13.0. The van der Waals surface area contributed by atoms with Gasteiger partial charge in [-0.2, -0.15) is 0 Å². The van der Waals surface area contributed by atoms with Crippen LogP contribution in [0.1, 0.15) is 25.0 Å². The Morgan fingerprint density at radius 3 is 2.38 bits per heavy atom. The summed E-state index contributed by atoms with van der Waals surface area (Å²) in [5.74, 6) is 0.792. The van der Waals surface area contributed by atoms with Crippen LogP contribution in [0.25, 0.3) is 0 Å². The Morgan fingerprint density at radius 2 is 1.76 bits per heavy atom. The quantitative estimate of drug-likeness (QED) is 0.866. The maximum absolute atomic E-state index is 10.3. The molecule has 0 unspecified atom stereocenters. The molecule has 0 saturated carbocycles. The molecule has 0 saturated heterocycles. The molecule has 112 valence electrons. The van der Waals surface area contributed by atoms with Gasteiger partial charge in [0.25, 0.3) is 0 Å². The molecule has 0 amide bonds. The molecule has 0 radical (unpaired) electrons. The third-order valence-corrected chi connectivity index (χ3v) is 3.52. The van der Waals surface area contributed by atoms with Crippen molar-refractivity contribution in [3.8, 4) is 11.5 Å². The zero-order chi connectivity index (χ0) is 15.2. The largest absolute Gasteiger partial charge is 0.504 e. The second-order valence-corrected chi connectivity index (χ2v) is 5.05. The van der Waals surface area contributed by atoms with Gasteiger partial charge in [0.2, 0.25) is 0 Å². The van der Waals surface area contributed by atoms with Crippen LogP contribution < -0.4 is 9.64 Å². The fourth-order valence-electron chi connectivity index (χ4n) is 2.31. The summed E-state index contributed by atoms with van der Waals surface area (Å²) in [5.41, 5.74) is 3.28. The van der Waals surface area contributed by atoms with E-state index in [1.165, 1.54) is 5.56 Å². The van der Waals surface area contributed by atoms with Crippen LogP contribution in [0.2, 0.25) is 0 Å². The van der Waals surface area contributed by atoms with Crippen molar-refractivity contribution in [3.63, 3.8) is 0 Å². The Bertz CT molecular complexity index is 578. The average Bonchev–Trinajstić information content (AvgIpc) is 2.49. The lowest BCUT2D eigenvalue weighted by molar-refractivity contribution is 0.316. The van der Waals surface area contributed by atoms with E-state index in [9.17, 15) is 5.11 Å². The minimum atomic E-state index is 0.241. The summed E-state index contributed by atoms with van der Waals surface area (Å²) in [6, 6.07) is 14.1. The Morgan fingerprint density at radius 1 is 1.05 bits per heavy atom. The Balaban J connectivity index is 2.22. The molecule has 2 aromatic rings. The first-order valence-electron chi connectivity index (χ1n) is 7.41. The number of aryl methyl sites for hydroxylation is 1. The number of rotatable bonds is 6. The number of hydrogen-bond donors (Lipinski definition) is 1. The van der Waals surface area contributed by atoms with Crippen molar-refractivity contribution in [1.82, 2.24) is 0 Å². The van der Waals surface area contributed by atoms with E-state index in [-0.39, 0.29) is 5.75 Å². The molecule has 0 fully saturated rings. The Kier molecular flexibility index (Phi) is 5.09. The van der Waals surface area contributed by atoms with Gasteiger partial charge in [-0.15, -0.1) is 0 Å². The third kappa shape index (κ3) is 3.69. The first-order valence-corrected chi connectivity index (χ1v) is 7.41. The van der Waals surface area contributed by atoms with Gasteiger partial charge in [0.1, 0.15) is 0 Å². The summed E-state index contributed by atoms with van der Waals surface area (Å²) in [6.07, 6.45) is 0. The van der Waals surface area contributed by atoms with Crippen LogP contribution in [-0.4, -0.2) is 18.3 Å². The maximum atomic E-state index is 10.3. The van der Waals surface area contributed by atoms with E-state index in [0.29, 0.717) is 18.9 Å². The van der Waals surface area contributed by atoms with Crippen LogP contribution in [0, 0.1) is 6.92 Å². The van der Waals surface area contributed by atoms with Gasteiger partial charge in [0, 0.05) is 24.3 Å². The van der Waals surface area contributed by atoms with E-state index in [0.717, 1.165) is 17.8 Å². The minimum Gasteiger partial charge on any atom is -0.504 e. The van der Waals surface area contributed by atoms with Crippen LogP contribution in [0.15, 0.2) is 42.5 Å². The number of para-hydroxylation sites is 1. The molecule has 0 bridgehead atoms. The number of phenols is 1. The number of phenolic OH excluding ortho intramolecular Hbond substituents is 1. The Labute approximate surface area is 126 Å². The van der Waals surface area contributed by atoms with E-state index in [1.807, 2.05) is 19.1 Å². The van der Waals surface area contributed by atoms with Gasteiger partial charge in [-0.05, 0) is 39.0 Å². The number of hydrogen-bond acceptors (Lipinski definition) is 3. The van der Waals surface area contributed by atoms with Crippen molar-refractivity contribution in [2.75, 3.05) is 18.1 Å². The topological polar surface area (TPSA) is 32.7 Å². The number of ether oxygens (including phenoxy) is 1. The summed E-state index contributed by atoms with van der Waals surface area (Å²) in [6.45, 7) is 8.19. The monoisotopic (exact) mass is 285 g/mol. The van der Waals surface area contributed by atoms with Crippen LogP contribution in [-0.2, 0) is 6.54 Å². The molecule has 0 heterocycles. The second-order valence-electron chi connectivity index (χ2n) is 5.05. The molecule has 3 nitrogen and oxygen atoms in total. The first kappa shape index (κ1) is 15.2. The summed E-state index contributed by atoms with van der Waals surface area (Å²) in [7, 11) is 0.